The molecule has 1 N–H and O–H groups in total. The molecule has 5 nitrogen and oxygen atoms in total. The molecule has 1 heterocycles. The monoisotopic (exact) mass is 477 g/mol. The summed E-state index contributed by atoms with van der Waals surface area (Å²) in [5, 5.41) is 9.33. The van der Waals surface area contributed by atoms with Gasteiger partial charge in [-0.1, -0.05) is 21.1 Å². The van der Waals surface area contributed by atoms with Crippen LogP contribution in [0.25, 0.3) is 0 Å². The molecule has 0 aliphatic heterocycles. The van der Waals surface area contributed by atoms with E-state index in [2.05, 4.69) is 37.2 Å². The third-order valence-corrected chi connectivity index (χ3v) is 5.23. The second kappa shape index (κ2) is 10.4. The number of aromatic hydroxyl groups is 1. The van der Waals surface area contributed by atoms with Crippen LogP contribution >= 0.6 is 30.1 Å². The number of ether oxygens (including phenoxy) is 1. The summed E-state index contributed by atoms with van der Waals surface area (Å²) in [6, 6.07) is 8.43. The fourth-order valence-corrected chi connectivity index (χ4v) is 3.14. The molecule has 3 rings (SSSR count). The molecule has 0 bridgehead atoms. The van der Waals surface area contributed by atoms with Crippen molar-refractivity contribution in [2.24, 2.45) is 0 Å². The molecule has 2 aromatic rings. The Bertz CT molecular complexity index is 717. The topological polar surface area (TPSA) is 68.7 Å². The molecule has 134 valence electrons. The van der Waals surface area contributed by atoms with Crippen LogP contribution in [0, 0.1) is 0 Å². The van der Waals surface area contributed by atoms with Crippen LogP contribution in [0.3, 0.4) is 0 Å². The van der Waals surface area contributed by atoms with E-state index >= 15 is 0 Å². The van der Waals surface area contributed by atoms with E-state index in [0.29, 0.717) is 18.6 Å². The number of aryl methyl sites for hydroxylation is 1. The Morgan fingerprint density at radius 3 is 2.84 bits per heavy atom. The number of hydrogen-bond donors (Lipinski definition) is 1. The molecule has 0 atom stereocenters. The van der Waals surface area contributed by atoms with E-state index in [1.807, 2.05) is 6.07 Å². The molecule has 1 aliphatic carbocycles. The Morgan fingerprint density at radius 1 is 1.32 bits per heavy atom. The maximum Gasteiger partial charge on any atom is 0.266 e. The van der Waals surface area contributed by atoms with Crippen LogP contribution < -0.4 is 9.68 Å². The number of hydrogen-bond acceptors (Lipinski definition) is 6. The number of carbonyl (C=O) groups is 1. The first-order chi connectivity index (χ1) is 12.2. The molecular formula is C17H17FINO4S. The number of benzene rings is 1. The Kier molecular flexibility index (Phi) is 8.26. The van der Waals surface area contributed by atoms with Crippen LogP contribution in [0.4, 0.5) is 4.53 Å². The highest BCUT2D eigenvalue weighted by Gasteiger charge is 2.12. The van der Waals surface area contributed by atoms with Crippen molar-refractivity contribution in [2.45, 2.75) is 19.3 Å². The number of pyridine rings is 1. The number of aldehydes is 1. The zero-order valence-corrected chi connectivity index (χ0v) is 16.3. The number of phenolic OH excluding ortho intramolecular Hbond substituents is 1. The average Bonchev–Trinajstić information content (AvgIpc) is 3.12. The number of phenols is 1. The normalized spacial score (nSPS) is 11.9. The third kappa shape index (κ3) is 5.74. The van der Waals surface area contributed by atoms with Gasteiger partial charge in [-0.05, 0) is 63.7 Å². The summed E-state index contributed by atoms with van der Waals surface area (Å²) < 4.78 is 17.0. The van der Waals surface area contributed by atoms with Crippen LogP contribution in [0.5, 0.6) is 17.5 Å². The summed E-state index contributed by atoms with van der Waals surface area (Å²) in [6.07, 6.45) is 4.00. The van der Waals surface area contributed by atoms with Gasteiger partial charge in [-0.2, -0.15) is 4.98 Å². The number of aromatic nitrogens is 1. The lowest BCUT2D eigenvalue weighted by atomic mass is 10.1. The molecule has 0 spiro atoms. The molecular weight excluding hydrogens is 460 g/mol. The van der Waals surface area contributed by atoms with Gasteiger partial charge in [-0.15, -0.1) is 0 Å². The predicted molar refractivity (Wildman–Crippen MR) is 103 cm³/mol. The summed E-state index contributed by atoms with van der Waals surface area (Å²) in [7, 11) is 1.57. The van der Waals surface area contributed by atoms with E-state index in [9.17, 15) is 14.4 Å². The number of carbonyl (C=O) groups excluding carboxylic acids is 1. The van der Waals surface area contributed by atoms with Gasteiger partial charge in [-0.3, -0.25) is 9.74 Å². The van der Waals surface area contributed by atoms with Crippen molar-refractivity contribution in [2.75, 3.05) is 12.4 Å². The fourth-order valence-electron chi connectivity index (χ4n) is 2.45. The van der Waals surface area contributed by atoms with E-state index in [0.717, 1.165) is 18.6 Å². The van der Waals surface area contributed by atoms with Gasteiger partial charge in [0.1, 0.15) is 5.75 Å². The first-order valence-electron chi connectivity index (χ1n) is 7.60. The summed E-state index contributed by atoms with van der Waals surface area (Å²) in [4.78, 5) is 17.7. The summed E-state index contributed by atoms with van der Waals surface area (Å²) >= 11 is 2.12. The molecule has 0 saturated carbocycles. The Balaban J connectivity index is 0.000000194. The van der Waals surface area contributed by atoms with Crippen molar-refractivity contribution in [1.82, 2.24) is 4.98 Å². The first-order valence-corrected chi connectivity index (χ1v) is 11.1. The molecule has 0 fully saturated rings. The third-order valence-electron chi connectivity index (χ3n) is 3.59. The highest BCUT2D eigenvalue weighted by atomic mass is 127. The van der Waals surface area contributed by atoms with Crippen LogP contribution in [0.1, 0.15) is 27.9 Å². The standard InChI is InChI=1S/C9H10O.C8H7FINO3S/c10-9-6-2-4-7-3-1-5-8(7)9;9-14-7-2-1-6(5-12)8(11-7)13-3-4-15-10/h2,4,6,10H,1,3,5H2;1-2,5H,3-4H2. The number of halogens is 2. The maximum atomic E-state index is 11.8. The molecule has 0 saturated heterocycles. The van der Waals surface area contributed by atoms with E-state index in [4.69, 9.17) is 4.74 Å². The van der Waals surface area contributed by atoms with Gasteiger partial charge >= 0.3 is 0 Å². The highest BCUT2D eigenvalue weighted by molar-refractivity contribution is 14.2. The van der Waals surface area contributed by atoms with Gasteiger partial charge in [0.05, 0.1) is 12.2 Å². The van der Waals surface area contributed by atoms with Crippen molar-refractivity contribution in [3.05, 3.63) is 47.0 Å². The van der Waals surface area contributed by atoms with Crippen LogP contribution in [-0.4, -0.2) is 28.7 Å². The van der Waals surface area contributed by atoms with Gasteiger partial charge in [-0.25, -0.2) is 0 Å². The van der Waals surface area contributed by atoms with Gasteiger partial charge in [0, 0.05) is 16.3 Å². The molecule has 0 radical (unpaired) electrons. The zero-order chi connectivity index (χ0) is 18.1. The molecule has 1 aromatic carbocycles. The fraction of sp³-hybridized carbons (Fsp3) is 0.294. The molecule has 0 amide bonds. The summed E-state index contributed by atoms with van der Waals surface area (Å²) in [5.41, 5.74) is 2.77. The van der Waals surface area contributed by atoms with E-state index in [1.54, 1.807) is 15.0 Å². The van der Waals surface area contributed by atoms with Crippen LogP contribution in [0.2, 0.25) is 0 Å². The summed E-state index contributed by atoms with van der Waals surface area (Å²) in [6.45, 7) is 0.400. The summed E-state index contributed by atoms with van der Waals surface area (Å²) in [5.74, 6) is 1.10. The minimum Gasteiger partial charge on any atom is -0.508 e. The first kappa shape index (κ1) is 19.8. The lowest BCUT2D eigenvalue weighted by Gasteiger charge is -2.06. The van der Waals surface area contributed by atoms with Crippen molar-refractivity contribution in [1.29, 1.82) is 0 Å². The maximum absolute atomic E-state index is 11.8. The smallest absolute Gasteiger partial charge is 0.266 e. The van der Waals surface area contributed by atoms with E-state index < -0.39 is 0 Å². The van der Waals surface area contributed by atoms with E-state index in [1.165, 1.54) is 29.7 Å². The second-order valence-corrected chi connectivity index (χ2v) is 7.66. The molecule has 1 aromatic heterocycles. The SMILES string of the molecule is O=Cc1ccc(OF)nc1OCCSI.Oc1cccc2c1CCC2. The molecule has 0 unspecified atom stereocenters. The molecule has 25 heavy (non-hydrogen) atoms. The van der Waals surface area contributed by atoms with Gasteiger partial charge < -0.3 is 9.84 Å². The van der Waals surface area contributed by atoms with Crippen LogP contribution in [0.15, 0.2) is 30.3 Å². The van der Waals surface area contributed by atoms with Gasteiger partial charge in [0.2, 0.25) is 5.88 Å². The van der Waals surface area contributed by atoms with Gasteiger partial charge in [0.25, 0.3) is 5.88 Å². The predicted octanol–water partition coefficient (Wildman–Crippen LogP) is 4.50. The van der Waals surface area contributed by atoms with Crippen molar-refractivity contribution < 1.29 is 24.1 Å². The molecule has 1 aliphatic rings. The number of rotatable bonds is 6. The van der Waals surface area contributed by atoms with Crippen molar-refractivity contribution >= 4 is 36.4 Å². The van der Waals surface area contributed by atoms with Crippen molar-refractivity contribution in [3.8, 4) is 17.5 Å². The van der Waals surface area contributed by atoms with Gasteiger partial charge in [0.15, 0.2) is 6.29 Å². The van der Waals surface area contributed by atoms with E-state index in [-0.39, 0.29) is 17.3 Å². The molecule has 8 heteroatoms. The van der Waals surface area contributed by atoms with Crippen molar-refractivity contribution in [3.63, 3.8) is 0 Å². The largest absolute Gasteiger partial charge is 0.508 e. The quantitative estimate of drug-likeness (QED) is 0.376. The minimum atomic E-state index is -0.224. The highest BCUT2D eigenvalue weighted by Crippen LogP contribution is 2.28. The Labute approximate surface area is 161 Å². The average molecular weight is 477 g/mol. The number of nitrogens with zero attached hydrogens (tertiary/aromatic N) is 1. The lowest BCUT2D eigenvalue weighted by Crippen LogP contribution is -2.03. The number of fused-ring (bicyclic) bond motifs is 1. The lowest BCUT2D eigenvalue weighted by molar-refractivity contribution is -0.0125. The zero-order valence-electron chi connectivity index (χ0n) is 13.3. The Hall–Kier alpha value is -1.55. The second-order valence-electron chi connectivity index (χ2n) is 5.17. The Morgan fingerprint density at radius 2 is 2.16 bits per heavy atom. The van der Waals surface area contributed by atoms with Crippen LogP contribution in [-0.2, 0) is 12.8 Å². The minimum absolute atomic E-state index is 0.0885.